The van der Waals surface area contributed by atoms with E-state index >= 15 is 0 Å². The quantitative estimate of drug-likeness (QED) is 0.724. The van der Waals surface area contributed by atoms with Gasteiger partial charge in [-0.25, -0.2) is 4.39 Å². The average molecular weight is 348 g/mol. The van der Waals surface area contributed by atoms with Crippen LogP contribution >= 0.6 is 0 Å². The van der Waals surface area contributed by atoms with Crippen LogP contribution in [-0.4, -0.2) is 11.9 Å². The molecule has 1 unspecified atom stereocenters. The molecule has 3 aromatic rings. The van der Waals surface area contributed by atoms with E-state index in [1.165, 1.54) is 12.1 Å². The molecule has 0 amide bonds. The molecule has 1 heterocycles. The molecule has 3 aromatic carbocycles. The fourth-order valence-corrected chi connectivity index (χ4v) is 2.85. The van der Waals surface area contributed by atoms with E-state index in [-0.39, 0.29) is 12.6 Å². The molecular formula is C22H17FO3. The summed E-state index contributed by atoms with van der Waals surface area (Å²) in [7, 11) is 0. The third-order valence-electron chi connectivity index (χ3n) is 4.30. The second-order valence-corrected chi connectivity index (χ2v) is 6.05. The highest BCUT2D eigenvalue weighted by molar-refractivity contribution is 5.64. The number of ether oxygens (including phenoxy) is 2. The van der Waals surface area contributed by atoms with E-state index in [1.807, 2.05) is 48.5 Å². The highest BCUT2D eigenvalue weighted by atomic mass is 19.1. The Bertz CT molecular complexity index is 931. The first-order valence-electron chi connectivity index (χ1n) is 8.31. The largest absolute Gasteiger partial charge is 0.454 e. The summed E-state index contributed by atoms with van der Waals surface area (Å²) in [5.74, 6) is 1.19. The molecule has 0 bridgehead atoms. The van der Waals surface area contributed by atoms with Crippen LogP contribution in [0.15, 0.2) is 72.8 Å². The summed E-state index contributed by atoms with van der Waals surface area (Å²) >= 11 is 0. The smallest absolute Gasteiger partial charge is 0.231 e. The van der Waals surface area contributed by atoms with Crippen molar-refractivity contribution in [2.24, 2.45) is 0 Å². The molecule has 0 fully saturated rings. The predicted molar refractivity (Wildman–Crippen MR) is 98.4 cm³/mol. The van der Waals surface area contributed by atoms with Gasteiger partial charge in [0.25, 0.3) is 0 Å². The van der Waals surface area contributed by atoms with Gasteiger partial charge in [-0.2, -0.15) is 0 Å². The summed E-state index contributed by atoms with van der Waals surface area (Å²) in [6.45, 7) is 0.242. The summed E-state index contributed by atoms with van der Waals surface area (Å²) in [6.07, 6.45) is 2.85. The molecule has 1 aliphatic heterocycles. The van der Waals surface area contributed by atoms with Crippen molar-refractivity contribution < 1.29 is 19.0 Å². The summed E-state index contributed by atoms with van der Waals surface area (Å²) in [6, 6.07) is 19.6. The normalized spacial score (nSPS) is 13.9. The van der Waals surface area contributed by atoms with Crippen molar-refractivity contribution in [3.63, 3.8) is 0 Å². The van der Waals surface area contributed by atoms with E-state index in [9.17, 15) is 9.50 Å². The van der Waals surface area contributed by atoms with Crippen molar-refractivity contribution >= 4 is 6.08 Å². The van der Waals surface area contributed by atoms with Crippen LogP contribution in [0.5, 0.6) is 11.5 Å². The number of benzene rings is 3. The molecule has 0 aliphatic carbocycles. The van der Waals surface area contributed by atoms with Crippen LogP contribution in [0.1, 0.15) is 17.2 Å². The van der Waals surface area contributed by atoms with Crippen LogP contribution in [0.4, 0.5) is 4.39 Å². The van der Waals surface area contributed by atoms with E-state index in [1.54, 1.807) is 18.2 Å². The van der Waals surface area contributed by atoms with Gasteiger partial charge in [0, 0.05) is 0 Å². The summed E-state index contributed by atoms with van der Waals surface area (Å²) < 4.78 is 23.7. The summed E-state index contributed by atoms with van der Waals surface area (Å²) in [5, 5.41) is 10.4. The molecule has 0 radical (unpaired) electrons. The number of aliphatic hydroxyl groups excluding tert-OH is 1. The Morgan fingerprint density at radius 3 is 2.23 bits per heavy atom. The molecule has 0 spiro atoms. The standard InChI is InChI=1S/C22H17FO3/c23-19-9-7-17(8-10-19)16-3-5-18(6-4-16)20(24)11-1-15-2-12-21-22(13-15)26-14-25-21/h1-13,20,24H,14H2/b11-1+. The Labute approximate surface area is 150 Å². The lowest BCUT2D eigenvalue weighted by Crippen LogP contribution is -1.93. The van der Waals surface area contributed by atoms with E-state index in [0.717, 1.165) is 28.0 Å². The number of fused-ring (bicyclic) bond motifs is 1. The van der Waals surface area contributed by atoms with Gasteiger partial charge in [0.05, 0.1) is 6.10 Å². The molecule has 0 saturated carbocycles. The second-order valence-electron chi connectivity index (χ2n) is 6.05. The van der Waals surface area contributed by atoms with Crippen molar-refractivity contribution in [3.05, 3.63) is 89.8 Å². The maximum atomic E-state index is 13.0. The van der Waals surface area contributed by atoms with Crippen molar-refractivity contribution in [1.29, 1.82) is 0 Å². The predicted octanol–water partition coefficient (Wildman–Crippen LogP) is 4.97. The lowest BCUT2D eigenvalue weighted by atomic mass is 10.0. The minimum Gasteiger partial charge on any atom is -0.454 e. The minimum absolute atomic E-state index is 0.242. The maximum Gasteiger partial charge on any atom is 0.231 e. The first-order valence-corrected chi connectivity index (χ1v) is 8.31. The number of rotatable bonds is 4. The van der Waals surface area contributed by atoms with Crippen LogP contribution in [0.3, 0.4) is 0 Å². The zero-order valence-corrected chi connectivity index (χ0v) is 13.9. The average Bonchev–Trinajstić information content (AvgIpc) is 3.15. The van der Waals surface area contributed by atoms with Gasteiger partial charge in [0.2, 0.25) is 6.79 Å². The monoisotopic (exact) mass is 348 g/mol. The molecule has 1 atom stereocenters. The third-order valence-corrected chi connectivity index (χ3v) is 4.30. The van der Waals surface area contributed by atoms with Gasteiger partial charge in [-0.1, -0.05) is 54.6 Å². The van der Waals surface area contributed by atoms with Crippen LogP contribution in [0.25, 0.3) is 17.2 Å². The molecule has 130 valence electrons. The van der Waals surface area contributed by atoms with Gasteiger partial charge >= 0.3 is 0 Å². The molecule has 3 nitrogen and oxygen atoms in total. The van der Waals surface area contributed by atoms with Gasteiger partial charge < -0.3 is 14.6 Å². The van der Waals surface area contributed by atoms with Crippen molar-refractivity contribution in [2.75, 3.05) is 6.79 Å². The number of hydrogen-bond acceptors (Lipinski definition) is 3. The van der Waals surface area contributed by atoms with Gasteiger partial charge in [0.1, 0.15) is 5.82 Å². The van der Waals surface area contributed by atoms with Crippen LogP contribution in [0, 0.1) is 5.82 Å². The van der Waals surface area contributed by atoms with E-state index in [4.69, 9.17) is 9.47 Å². The van der Waals surface area contributed by atoms with E-state index in [2.05, 4.69) is 0 Å². The lowest BCUT2D eigenvalue weighted by Gasteiger charge is -2.08. The topological polar surface area (TPSA) is 38.7 Å². The molecule has 26 heavy (non-hydrogen) atoms. The first-order chi connectivity index (χ1) is 12.7. The van der Waals surface area contributed by atoms with Gasteiger partial charge in [0.15, 0.2) is 11.5 Å². The minimum atomic E-state index is -0.720. The highest BCUT2D eigenvalue weighted by Crippen LogP contribution is 2.33. The molecule has 4 rings (SSSR count). The summed E-state index contributed by atoms with van der Waals surface area (Å²) in [5.41, 5.74) is 3.62. The van der Waals surface area contributed by atoms with Crippen molar-refractivity contribution in [3.8, 4) is 22.6 Å². The zero-order chi connectivity index (χ0) is 17.9. The van der Waals surface area contributed by atoms with Gasteiger partial charge in [-0.15, -0.1) is 0 Å². The molecule has 0 saturated heterocycles. The van der Waals surface area contributed by atoms with Crippen molar-refractivity contribution in [2.45, 2.75) is 6.10 Å². The third kappa shape index (κ3) is 3.46. The molecule has 4 heteroatoms. The maximum absolute atomic E-state index is 13.0. The molecule has 1 N–H and O–H groups in total. The number of hydrogen-bond donors (Lipinski definition) is 1. The lowest BCUT2D eigenvalue weighted by molar-refractivity contribution is 0.174. The van der Waals surface area contributed by atoms with Gasteiger partial charge in [-0.3, -0.25) is 0 Å². The van der Waals surface area contributed by atoms with Gasteiger partial charge in [-0.05, 0) is 46.5 Å². The SMILES string of the molecule is OC(/C=C/c1ccc2c(c1)OCO2)c1ccc(-c2ccc(F)cc2)cc1. The molecule has 1 aliphatic rings. The number of aliphatic hydroxyl groups is 1. The van der Waals surface area contributed by atoms with Crippen LogP contribution < -0.4 is 9.47 Å². The Hall–Kier alpha value is -3.11. The number of halogens is 1. The molecule has 0 aromatic heterocycles. The Kier molecular flexibility index (Phi) is 4.42. The second kappa shape index (κ2) is 7.02. The summed E-state index contributed by atoms with van der Waals surface area (Å²) in [4.78, 5) is 0. The zero-order valence-electron chi connectivity index (χ0n) is 13.9. The van der Waals surface area contributed by atoms with Crippen LogP contribution in [-0.2, 0) is 0 Å². The molecular weight excluding hydrogens is 331 g/mol. The first kappa shape index (κ1) is 16.4. The highest BCUT2D eigenvalue weighted by Gasteiger charge is 2.12. The van der Waals surface area contributed by atoms with Crippen molar-refractivity contribution in [1.82, 2.24) is 0 Å². The van der Waals surface area contributed by atoms with Crippen LogP contribution in [0.2, 0.25) is 0 Å². The Morgan fingerprint density at radius 2 is 1.50 bits per heavy atom. The Morgan fingerprint density at radius 1 is 0.846 bits per heavy atom. The fraction of sp³-hybridized carbons (Fsp3) is 0.0909. The van der Waals surface area contributed by atoms with E-state index in [0.29, 0.717) is 5.75 Å². The Balaban J connectivity index is 1.47. The van der Waals surface area contributed by atoms with E-state index < -0.39 is 6.10 Å². The fourth-order valence-electron chi connectivity index (χ4n) is 2.85.